The van der Waals surface area contributed by atoms with E-state index in [0.29, 0.717) is 29.6 Å². The molecule has 19 heteroatoms. The Balaban J connectivity index is 1.41. The van der Waals surface area contributed by atoms with E-state index in [1.165, 1.54) is 48.5 Å². The average molecular weight is 1050 g/mol. The van der Waals surface area contributed by atoms with E-state index in [0.717, 1.165) is 36.8 Å². The number of carbonyl (C=O) groups is 1. The number of hydrogen-bond donors (Lipinski definition) is 0. The fraction of sp³-hybridized carbons (Fsp3) is 0.324. The number of halogens is 8. The largest absolute Gasteiger partial charge is 0.416 e. The second kappa shape index (κ2) is 15.8. The molecule has 9 nitrogen and oxygen atoms in total. The Morgan fingerprint density at radius 3 is 1.21 bits per heavy atom. The number of sulfone groups is 2. The summed E-state index contributed by atoms with van der Waals surface area (Å²) >= 11 is 4.10. The van der Waals surface area contributed by atoms with Gasteiger partial charge < -0.3 is 19.6 Å². The quantitative estimate of drug-likeness (QED) is 0.142. The summed E-state index contributed by atoms with van der Waals surface area (Å²) < 4.78 is 132. The first-order valence-corrected chi connectivity index (χ1v) is 22.9. The highest BCUT2D eigenvalue weighted by atomic mass is 127. The molecule has 4 aromatic carbocycles. The molecular weight excluding hydrogens is 1010 g/mol. The van der Waals surface area contributed by atoms with E-state index in [1.807, 2.05) is 9.80 Å². The molecule has 0 bridgehead atoms. The van der Waals surface area contributed by atoms with Gasteiger partial charge in [0.15, 0.2) is 19.7 Å². The number of piperazine rings is 2. The summed E-state index contributed by atoms with van der Waals surface area (Å²) in [5.74, 6) is 0. The fourth-order valence-electron chi connectivity index (χ4n) is 6.93. The van der Waals surface area contributed by atoms with Crippen molar-refractivity contribution in [1.29, 1.82) is 0 Å². The summed E-state index contributed by atoms with van der Waals surface area (Å²) in [6, 6.07) is 16.4. The molecule has 0 N–H and O–H groups in total. The number of alkyl halides is 6. The van der Waals surface area contributed by atoms with Crippen molar-refractivity contribution in [3.8, 4) is 0 Å². The summed E-state index contributed by atoms with van der Waals surface area (Å²) in [5.41, 5.74) is 0.314. The maximum absolute atomic E-state index is 15.0. The van der Waals surface area contributed by atoms with Crippen LogP contribution in [0.3, 0.4) is 0 Å². The molecule has 300 valence electrons. The summed E-state index contributed by atoms with van der Waals surface area (Å²) in [6.45, 7) is 0.779. The van der Waals surface area contributed by atoms with Crippen LogP contribution in [0.5, 0.6) is 0 Å². The van der Waals surface area contributed by atoms with Gasteiger partial charge in [0.2, 0.25) is 0 Å². The van der Waals surface area contributed by atoms with Gasteiger partial charge in [-0.3, -0.25) is 0 Å². The van der Waals surface area contributed by atoms with Gasteiger partial charge in [0.1, 0.15) is 0 Å². The lowest BCUT2D eigenvalue weighted by Crippen LogP contribution is -2.59. The van der Waals surface area contributed by atoms with Crippen LogP contribution in [0.2, 0.25) is 0 Å². The minimum Gasteiger partial charge on any atom is -0.367 e. The molecule has 0 spiro atoms. The van der Waals surface area contributed by atoms with E-state index >= 15 is 4.79 Å². The Morgan fingerprint density at radius 2 is 0.911 bits per heavy atom. The highest BCUT2D eigenvalue weighted by Crippen LogP contribution is 2.39. The van der Waals surface area contributed by atoms with Crippen LogP contribution >= 0.6 is 45.2 Å². The van der Waals surface area contributed by atoms with E-state index < -0.39 is 61.3 Å². The Hall–Kier alpha value is -3.31. The van der Waals surface area contributed by atoms with Crippen LogP contribution in [0.1, 0.15) is 34.3 Å². The third-order valence-corrected chi connectivity index (χ3v) is 14.1. The van der Waals surface area contributed by atoms with Crippen LogP contribution in [-0.2, 0) is 32.0 Å². The first-order chi connectivity index (χ1) is 26.0. The smallest absolute Gasteiger partial charge is 0.367 e. The monoisotopic (exact) mass is 1050 g/mol. The number of benzene rings is 4. The summed E-state index contributed by atoms with van der Waals surface area (Å²) in [4.78, 5) is 21.9. The summed E-state index contributed by atoms with van der Waals surface area (Å²) in [6.07, 6.45) is -6.96. The molecule has 2 aliphatic heterocycles. The minimum absolute atomic E-state index is 0.0159. The Kier molecular flexibility index (Phi) is 11.9. The van der Waals surface area contributed by atoms with Gasteiger partial charge >= 0.3 is 18.4 Å². The minimum atomic E-state index is -4.54. The zero-order valence-electron chi connectivity index (χ0n) is 29.7. The van der Waals surface area contributed by atoms with Crippen LogP contribution < -0.4 is 9.80 Å². The van der Waals surface area contributed by atoms with Gasteiger partial charge in [0, 0.05) is 70.3 Å². The lowest BCUT2D eigenvalue weighted by atomic mass is 9.99. The van der Waals surface area contributed by atoms with Crippen molar-refractivity contribution in [2.24, 2.45) is 0 Å². The lowest BCUT2D eigenvalue weighted by molar-refractivity contribution is -0.138. The number of carbonyl (C=O) groups excluding carboxylic acids is 1. The second-order valence-corrected chi connectivity index (χ2v) is 19.9. The Morgan fingerprint density at radius 1 is 0.571 bits per heavy atom. The van der Waals surface area contributed by atoms with E-state index in [2.05, 4.69) is 45.2 Å². The Bertz CT molecular complexity index is 2180. The molecule has 0 aromatic heterocycles. The molecular formula is C37H34F6I2N4O5S2. The Labute approximate surface area is 347 Å². The molecule has 0 aliphatic carbocycles. The van der Waals surface area contributed by atoms with Gasteiger partial charge in [0.05, 0.1) is 33.0 Å². The van der Waals surface area contributed by atoms with Gasteiger partial charge in [-0.05, 0) is 141 Å². The fourth-order valence-corrected chi connectivity index (χ4v) is 9.63. The number of urea groups is 1. The predicted molar refractivity (Wildman–Crippen MR) is 216 cm³/mol. The van der Waals surface area contributed by atoms with Crippen LogP contribution in [0, 0.1) is 7.14 Å². The molecule has 0 radical (unpaired) electrons. The van der Waals surface area contributed by atoms with Crippen molar-refractivity contribution in [3.63, 3.8) is 0 Å². The molecule has 2 fully saturated rings. The van der Waals surface area contributed by atoms with Crippen molar-refractivity contribution >= 4 is 82.3 Å². The van der Waals surface area contributed by atoms with Crippen molar-refractivity contribution in [3.05, 3.63) is 114 Å². The van der Waals surface area contributed by atoms with Crippen LogP contribution in [0.15, 0.2) is 94.7 Å². The van der Waals surface area contributed by atoms with Crippen LogP contribution in [0.25, 0.3) is 0 Å². The highest BCUT2D eigenvalue weighted by molar-refractivity contribution is 14.1. The van der Waals surface area contributed by atoms with Crippen molar-refractivity contribution in [2.45, 2.75) is 34.2 Å². The SMILES string of the molecule is CS(=O)(=O)c1ccc(I)c(C2CN(c3ccc(C(F)(F)F)cc3)CCN2C(=O)N2CCN(c3ccc(C(F)(F)F)cc3)CC2c2cc(S(C)(=O)=O)ccc2I)c1. The van der Waals surface area contributed by atoms with Gasteiger partial charge in [-0.2, -0.15) is 26.3 Å². The molecule has 2 amide bonds. The van der Waals surface area contributed by atoms with Gasteiger partial charge in [-0.15, -0.1) is 0 Å². The van der Waals surface area contributed by atoms with Crippen molar-refractivity contribution < 1.29 is 48.0 Å². The molecule has 0 saturated carbocycles. The summed E-state index contributed by atoms with van der Waals surface area (Å²) in [7, 11) is -7.38. The van der Waals surface area contributed by atoms with Gasteiger partial charge in [0.25, 0.3) is 0 Å². The number of nitrogens with zero attached hydrogens (tertiary/aromatic N) is 4. The van der Waals surface area contributed by atoms with Gasteiger partial charge in [-0.1, -0.05) is 0 Å². The van der Waals surface area contributed by atoms with Gasteiger partial charge in [-0.25, -0.2) is 21.6 Å². The molecule has 2 heterocycles. The molecule has 6 rings (SSSR count). The first-order valence-electron chi connectivity index (χ1n) is 16.9. The number of anilines is 2. The molecule has 2 saturated heterocycles. The lowest BCUT2D eigenvalue weighted by Gasteiger charge is -2.48. The molecule has 4 aromatic rings. The molecule has 2 atom stereocenters. The normalized spacial score (nSPS) is 18.7. The summed E-state index contributed by atoms with van der Waals surface area (Å²) in [5, 5.41) is 0. The standard InChI is InChI=1S/C37H34F6I2N4O5S2/c1-55(51,52)27-11-13-31(44)29(19-27)33-21-46(25-7-3-23(4-8-25)36(38,39)40)15-17-48(33)35(50)49-18-16-47(26-9-5-24(6-10-26)37(41,42)43)22-34(49)30-20-28(56(2,53)54)12-14-32(30)45/h3-14,19-20,33-34H,15-18,21-22H2,1-2H3. The molecule has 2 aliphatic rings. The van der Waals surface area contributed by atoms with Crippen LogP contribution in [0.4, 0.5) is 42.5 Å². The zero-order chi connectivity index (χ0) is 41.0. The maximum atomic E-state index is 15.0. The van der Waals surface area contributed by atoms with Crippen LogP contribution in [-0.4, -0.2) is 84.4 Å². The maximum Gasteiger partial charge on any atom is 0.416 e. The third kappa shape index (κ3) is 9.19. The number of amides is 2. The van der Waals surface area contributed by atoms with E-state index in [-0.39, 0.29) is 49.1 Å². The van der Waals surface area contributed by atoms with Crippen molar-refractivity contribution in [2.75, 3.05) is 61.6 Å². The zero-order valence-corrected chi connectivity index (χ0v) is 35.6. The second-order valence-electron chi connectivity index (χ2n) is 13.6. The molecule has 56 heavy (non-hydrogen) atoms. The topological polar surface area (TPSA) is 98.3 Å². The van der Waals surface area contributed by atoms with E-state index in [4.69, 9.17) is 0 Å². The van der Waals surface area contributed by atoms with E-state index in [1.54, 1.807) is 21.9 Å². The highest BCUT2D eigenvalue weighted by Gasteiger charge is 2.41. The number of rotatable bonds is 6. The van der Waals surface area contributed by atoms with E-state index in [9.17, 15) is 43.2 Å². The average Bonchev–Trinajstić information content (AvgIpc) is 3.13. The predicted octanol–water partition coefficient (Wildman–Crippen LogP) is 8.29. The number of hydrogen-bond acceptors (Lipinski definition) is 7. The first kappa shape index (κ1) is 42.3. The third-order valence-electron chi connectivity index (χ3n) is 9.88. The van der Waals surface area contributed by atoms with Crippen molar-refractivity contribution in [1.82, 2.24) is 9.80 Å². The molecule has 2 unspecified atom stereocenters.